The first kappa shape index (κ1) is 10.8. The lowest BCUT2D eigenvalue weighted by molar-refractivity contribution is -0.116. The van der Waals surface area contributed by atoms with E-state index in [2.05, 4.69) is 11.9 Å². The van der Waals surface area contributed by atoms with E-state index in [-0.39, 0.29) is 12.7 Å². The molecule has 1 aromatic carbocycles. The van der Waals surface area contributed by atoms with Crippen LogP contribution < -0.4 is 14.8 Å². The first-order valence-corrected chi connectivity index (χ1v) is 5.07. The van der Waals surface area contributed by atoms with Gasteiger partial charge in [-0.2, -0.15) is 0 Å². The number of carbonyl (C=O) groups is 1. The molecule has 0 spiro atoms. The topological polar surface area (TPSA) is 47.6 Å². The summed E-state index contributed by atoms with van der Waals surface area (Å²) in [5, 5.41) is 3.14. The number of hydrogen-bond acceptors (Lipinski definition) is 3. The van der Waals surface area contributed by atoms with Crippen molar-refractivity contribution < 1.29 is 14.3 Å². The highest BCUT2D eigenvalue weighted by Crippen LogP contribution is 2.39. The number of rotatable bonds is 3. The lowest BCUT2D eigenvalue weighted by Crippen LogP contribution is -2.19. The van der Waals surface area contributed by atoms with Crippen LogP contribution in [0.15, 0.2) is 24.8 Å². The highest BCUT2D eigenvalue weighted by atomic mass is 35.5. The molecule has 1 aliphatic heterocycles. The van der Waals surface area contributed by atoms with Crippen LogP contribution >= 0.6 is 11.6 Å². The Morgan fingerprint density at radius 1 is 1.56 bits per heavy atom. The van der Waals surface area contributed by atoms with E-state index in [0.29, 0.717) is 23.1 Å². The molecule has 0 aliphatic carbocycles. The molecule has 0 radical (unpaired) electrons. The van der Waals surface area contributed by atoms with Gasteiger partial charge in [-0.25, -0.2) is 0 Å². The molecule has 0 saturated heterocycles. The zero-order valence-corrected chi connectivity index (χ0v) is 9.21. The van der Waals surface area contributed by atoms with Gasteiger partial charge in [-0.1, -0.05) is 18.2 Å². The molecule has 4 nitrogen and oxygen atoms in total. The molecule has 1 amide bonds. The molecule has 1 aromatic rings. The van der Waals surface area contributed by atoms with Crippen LogP contribution in [0.25, 0.3) is 0 Å². The largest absolute Gasteiger partial charge is 0.454 e. The fourth-order valence-electron chi connectivity index (χ4n) is 1.38. The third-order valence-electron chi connectivity index (χ3n) is 2.14. The minimum absolute atomic E-state index is 0.178. The number of fused-ring (bicyclic) bond motifs is 1. The SMILES string of the molecule is C=CC(=O)NCc1cc(Cl)c2c(c1)OCO2. The van der Waals surface area contributed by atoms with Crippen molar-refractivity contribution in [2.45, 2.75) is 6.54 Å². The molecule has 2 rings (SSSR count). The molecule has 1 N–H and O–H groups in total. The molecule has 0 unspecified atom stereocenters. The predicted molar refractivity (Wildman–Crippen MR) is 59.6 cm³/mol. The zero-order valence-electron chi connectivity index (χ0n) is 8.46. The summed E-state index contributed by atoms with van der Waals surface area (Å²) in [6.07, 6.45) is 1.22. The Morgan fingerprint density at radius 2 is 2.38 bits per heavy atom. The Hall–Kier alpha value is -1.68. The highest BCUT2D eigenvalue weighted by molar-refractivity contribution is 6.32. The number of halogens is 1. The standard InChI is InChI=1S/C11H10ClNO3/c1-2-10(14)13-5-7-3-8(12)11-9(4-7)15-6-16-11/h2-4H,1,5-6H2,(H,13,14). The van der Waals surface area contributed by atoms with Gasteiger partial charge in [0.15, 0.2) is 11.5 Å². The number of nitrogens with one attached hydrogen (secondary N) is 1. The van der Waals surface area contributed by atoms with Crippen LogP contribution in [0.1, 0.15) is 5.56 Å². The minimum atomic E-state index is -0.228. The second-order valence-electron chi connectivity index (χ2n) is 3.23. The van der Waals surface area contributed by atoms with Crippen molar-refractivity contribution in [3.8, 4) is 11.5 Å². The fraction of sp³-hybridized carbons (Fsp3) is 0.182. The Balaban J connectivity index is 2.14. The van der Waals surface area contributed by atoms with Crippen LogP contribution in [0.4, 0.5) is 0 Å². The van der Waals surface area contributed by atoms with Crippen LogP contribution in [0.3, 0.4) is 0 Å². The smallest absolute Gasteiger partial charge is 0.243 e. The Morgan fingerprint density at radius 3 is 3.12 bits per heavy atom. The van der Waals surface area contributed by atoms with Crippen molar-refractivity contribution in [2.24, 2.45) is 0 Å². The fourth-order valence-corrected chi connectivity index (χ4v) is 1.67. The Labute approximate surface area is 97.8 Å². The summed E-state index contributed by atoms with van der Waals surface area (Å²) in [5.74, 6) is 0.935. The average molecular weight is 240 g/mol. The van der Waals surface area contributed by atoms with Crippen LogP contribution in [0, 0.1) is 0 Å². The van der Waals surface area contributed by atoms with E-state index in [9.17, 15) is 4.79 Å². The Kier molecular flexibility index (Phi) is 3.01. The number of carbonyl (C=O) groups excluding carboxylic acids is 1. The molecule has 5 heteroatoms. The Bertz CT molecular complexity index is 445. The molecule has 1 aliphatic rings. The molecule has 84 valence electrons. The second kappa shape index (κ2) is 4.45. The summed E-state index contributed by atoms with van der Waals surface area (Å²) in [5.41, 5.74) is 0.851. The van der Waals surface area contributed by atoms with Gasteiger partial charge in [0.05, 0.1) is 5.02 Å². The summed E-state index contributed by atoms with van der Waals surface area (Å²) in [7, 11) is 0. The summed E-state index contributed by atoms with van der Waals surface area (Å²) in [4.78, 5) is 11.0. The molecule has 16 heavy (non-hydrogen) atoms. The van der Waals surface area contributed by atoms with Crippen molar-refractivity contribution in [3.63, 3.8) is 0 Å². The van der Waals surface area contributed by atoms with Gasteiger partial charge in [-0.3, -0.25) is 4.79 Å². The van der Waals surface area contributed by atoms with Gasteiger partial charge >= 0.3 is 0 Å². The summed E-state index contributed by atoms with van der Waals surface area (Å²) in [6.45, 7) is 3.92. The molecule has 0 fully saturated rings. The predicted octanol–water partition coefficient (Wildman–Crippen LogP) is 1.87. The molecule has 0 atom stereocenters. The summed E-state index contributed by atoms with van der Waals surface area (Å²) < 4.78 is 10.4. The van der Waals surface area contributed by atoms with Gasteiger partial charge in [0.2, 0.25) is 12.7 Å². The second-order valence-corrected chi connectivity index (χ2v) is 3.64. The lowest BCUT2D eigenvalue weighted by Gasteiger charge is -2.05. The zero-order chi connectivity index (χ0) is 11.5. The van der Waals surface area contributed by atoms with E-state index in [0.717, 1.165) is 5.56 Å². The first-order valence-electron chi connectivity index (χ1n) is 4.69. The van der Waals surface area contributed by atoms with Crippen molar-refractivity contribution in [1.82, 2.24) is 5.32 Å². The van der Waals surface area contributed by atoms with E-state index in [1.807, 2.05) is 0 Å². The van der Waals surface area contributed by atoms with E-state index in [4.69, 9.17) is 21.1 Å². The van der Waals surface area contributed by atoms with Gasteiger partial charge in [0.25, 0.3) is 0 Å². The van der Waals surface area contributed by atoms with Crippen molar-refractivity contribution in [3.05, 3.63) is 35.4 Å². The van der Waals surface area contributed by atoms with Crippen LogP contribution in [-0.4, -0.2) is 12.7 Å². The van der Waals surface area contributed by atoms with Crippen LogP contribution in [0.2, 0.25) is 5.02 Å². The van der Waals surface area contributed by atoms with Gasteiger partial charge in [0, 0.05) is 6.54 Å². The van der Waals surface area contributed by atoms with E-state index < -0.39 is 0 Å². The van der Waals surface area contributed by atoms with Gasteiger partial charge in [-0.05, 0) is 23.8 Å². The van der Waals surface area contributed by atoms with E-state index >= 15 is 0 Å². The van der Waals surface area contributed by atoms with Gasteiger partial charge < -0.3 is 14.8 Å². The van der Waals surface area contributed by atoms with Crippen LogP contribution in [-0.2, 0) is 11.3 Å². The normalized spacial score (nSPS) is 12.3. The van der Waals surface area contributed by atoms with Crippen molar-refractivity contribution in [2.75, 3.05) is 6.79 Å². The van der Waals surface area contributed by atoms with Crippen molar-refractivity contribution >= 4 is 17.5 Å². The van der Waals surface area contributed by atoms with Crippen molar-refractivity contribution in [1.29, 1.82) is 0 Å². The van der Waals surface area contributed by atoms with Gasteiger partial charge in [0.1, 0.15) is 0 Å². The van der Waals surface area contributed by atoms with Gasteiger partial charge in [-0.15, -0.1) is 0 Å². The highest BCUT2D eigenvalue weighted by Gasteiger charge is 2.18. The molecule has 1 heterocycles. The molecular weight excluding hydrogens is 230 g/mol. The maximum atomic E-state index is 11.0. The lowest BCUT2D eigenvalue weighted by atomic mass is 10.2. The third-order valence-corrected chi connectivity index (χ3v) is 2.42. The molecule has 0 bridgehead atoms. The van der Waals surface area contributed by atoms with Crippen LogP contribution in [0.5, 0.6) is 11.5 Å². The molecule has 0 saturated carbocycles. The molecule has 0 aromatic heterocycles. The number of ether oxygens (including phenoxy) is 2. The summed E-state index contributed by atoms with van der Waals surface area (Å²) >= 11 is 5.99. The van der Waals surface area contributed by atoms with E-state index in [1.54, 1.807) is 12.1 Å². The number of hydrogen-bond donors (Lipinski definition) is 1. The quantitative estimate of drug-likeness (QED) is 0.820. The molecular formula is C11H10ClNO3. The van der Waals surface area contributed by atoms with E-state index in [1.165, 1.54) is 6.08 Å². The maximum Gasteiger partial charge on any atom is 0.243 e. The minimum Gasteiger partial charge on any atom is -0.454 e. The summed E-state index contributed by atoms with van der Waals surface area (Å²) in [6, 6.07) is 3.52. The number of benzene rings is 1. The average Bonchev–Trinajstić information content (AvgIpc) is 2.74. The third kappa shape index (κ3) is 2.12. The monoisotopic (exact) mass is 239 g/mol. The number of amides is 1. The maximum absolute atomic E-state index is 11.0. The first-order chi connectivity index (χ1) is 7.70.